The number of carbonyl (C=O) groups excluding carboxylic acids is 1. The van der Waals surface area contributed by atoms with Crippen LogP contribution in [0, 0.1) is 6.92 Å². The van der Waals surface area contributed by atoms with Gasteiger partial charge in [0.15, 0.2) is 0 Å². The van der Waals surface area contributed by atoms with Crippen molar-refractivity contribution >= 4 is 28.4 Å². The van der Waals surface area contributed by atoms with Crippen LogP contribution in [0.15, 0.2) is 72.9 Å². The van der Waals surface area contributed by atoms with E-state index in [4.69, 9.17) is 11.6 Å². The van der Waals surface area contributed by atoms with Crippen molar-refractivity contribution in [3.05, 3.63) is 94.6 Å². The van der Waals surface area contributed by atoms with Gasteiger partial charge in [0, 0.05) is 34.2 Å². The van der Waals surface area contributed by atoms with Gasteiger partial charge in [0.25, 0.3) is 5.91 Å². The number of rotatable bonds is 5. The van der Waals surface area contributed by atoms with Gasteiger partial charge in [-0.15, -0.1) is 0 Å². The van der Waals surface area contributed by atoms with Gasteiger partial charge in [-0.3, -0.25) is 4.79 Å². The number of nitrogens with one attached hydrogen (secondary N) is 2. The minimum absolute atomic E-state index is 0.0631. The highest BCUT2D eigenvalue weighted by Gasteiger charge is 2.09. The zero-order chi connectivity index (χ0) is 19.5. The fourth-order valence-electron chi connectivity index (χ4n) is 3.36. The Bertz CT molecular complexity index is 1130. The topological polar surface area (TPSA) is 44.9 Å². The monoisotopic (exact) mass is 388 g/mol. The van der Waals surface area contributed by atoms with Crippen molar-refractivity contribution < 1.29 is 4.79 Å². The maximum absolute atomic E-state index is 12.6. The van der Waals surface area contributed by atoms with Gasteiger partial charge in [-0.1, -0.05) is 53.6 Å². The number of hydrogen-bond donors (Lipinski definition) is 2. The summed E-state index contributed by atoms with van der Waals surface area (Å²) in [5.41, 5.74) is 6.23. The average molecular weight is 389 g/mol. The number of aryl methyl sites for hydroxylation is 1. The summed E-state index contributed by atoms with van der Waals surface area (Å²) in [5.74, 6) is -0.0631. The lowest BCUT2D eigenvalue weighted by Gasteiger charge is -2.08. The zero-order valence-electron chi connectivity index (χ0n) is 15.6. The van der Waals surface area contributed by atoms with E-state index in [0.717, 1.165) is 34.0 Å². The smallest absolute Gasteiger partial charge is 0.251 e. The van der Waals surface area contributed by atoms with Crippen LogP contribution in [0.5, 0.6) is 0 Å². The van der Waals surface area contributed by atoms with Crippen LogP contribution >= 0.6 is 11.6 Å². The quantitative estimate of drug-likeness (QED) is 0.448. The fraction of sp³-hybridized carbons (Fsp3) is 0.125. The predicted octanol–water partition coefficient (Wildman–Crippen LogP) is 5.77. The van der Waals surface area contributed by atoms with Crippen LogP contribution in [-0.4, -0.2) is 17.4 Å². The Morgan fingerprint density at radius 1 is 1.00 bits per heavy atom. The maximum atomic E-state index is 12.6. The average Bonchev–Trinajstić information content (AvgIpc) is 3.10. The number of halogens is 1. The fourth-order valence-corrected chi connectivity index (χ4v) is 3.53. The molecular formula is C24H21ClN2O. The van der Waals surface area contributed by atoms with Crippen molar-refractivity contribution in [1.29, 1.82) is 0 Å². The molecule has 0 saturated carbocycles. The Balaban J connectivity index is 1.43. The first kappa shape index (κ1) is 18.3. The summed E-state index contributed by atoms with van der Waals surface area (Å²) < 4.78 is 0. The summed E-state index contributed by atoms with van der Waals surface area (Å²) in [6, 6.07) is 21.8. The molecule has 0 bridgehead atoms. The largest absolute Gasteiger partial charge is 0.361 e. The lowest BCUT2D eigenvalue weighted by molar-refractivity contribution is 0.0954. The number of carbonyl (C=O) groups is 1. The SMILES string of the molecule is Cc1ccc(-c2cccc(C(=O)NCCc3c[nH]c4ccc(Cl)cc34)c2)cc1. The maximum Gasteiger partial charge on any atom is 0.251 e. The number of aromatic amines is 1. The van der Waals surface area contributed by atoms with Crippen LogP contribution in [0.3, 0.4) is 0 Å². The molecule has 0 spiro atoms. The molecular weight excluding hydrogens is 368 g/mol. The van der Waals surface area contributed by atoms with Gasteiger partial charge < -0.3 is 10.3 Å². The highest BCUT2D eigenvalue weighted by Crippen LogP contribution is 2.23. The first-order valence-electron chi connectivity index (χ1n) is 9.31. The van der Waals surface area contributed by atoms with Gasteiger partial charge >= 0.3 is 0 Å². The molecule has 1 heterocycles. The zero-order valence-corrected chi connectivity index (χ0v) is 16.4. The van der Waals surface area contributed by atoms with Gasteiger partial charge in [-0.25, -0.2) is 0 Å². The summed E-state index contributed by atoms with van der Waals surface area (Å²) in [4.78, 5) is 15.8. The molecule has 3 aromatic carbocycles. The van der Waals surface area contributed by atoms with Crippen LogP contribution in [0.25, 0.3) is 22.0 Å². The second-order valence-electron chi connectivity index (χ2n) is 6.96. The van der Waals surface area contributed by atoms with Crippen LogP contribution in [0.2, 0.25) is 5.02 Å². The van der Waals surface area contributed by atoms with E-state index in [1.54, 1.807) is 0 Å². The van der Waals surface area contributed by atoms with E-state index in [0.29, 0.717) is 17.1 Å². The minimum atomic E-state index is -0.0631. The summed E-state index contributed by atoms with van der Waals surface area (Å²) in [6.07, 6.45) is 2.72. The standard InChI is InChI=1S/C24H21ClN2O/c1-16-5-7-17(8-6-16)18-3-2-4-19(13-18)24(28)26-12-11-20-15-27-23-10-9-21(25)14-22(20)23/h2-10,13-15,27H,11-12H2,1H3,(H,26,28). The van der Waals surface area contributed by atoms with E-state index < -0.39 is 0 Å². The van der Waals surface area contributed by atoms with E-state index in [1.165, 1.54) is 5.56 Å². The number of hydrogen-bond acceptors (Lipinski definition) is 1. The van der Waals surface area contributed by atoms with Gasteiger partial charge in [0.1, 0.15) is 0 Å². The Morgan fingerprint density at radius 2 is 1.82 bits per heavy atom. The van der Waals surface area contributed by atoms with Gasteiger partial charge in [-0.2, -0.15) is 0 Å². The van der Waals surface area contributed by atoms with Gasteiger partial charge in [-0.05, 0) is 60.4 Å². The Kier molecular flexibility index (Phi) is 5.18. The normalized spacial score (nSPS) is 10.9. The molecule has 4 rings (SSSR count). The van der Waals surface area contributed by atoms with Gasteiger partial charge in [0.2, 0.25) is 0 Å². The van der Waals surface area contributed by atoms with E-state index in [2.05, 4.69) is 41.5 Å². The molecule has 1 aromatic heterocycles. The molecule has 1 amide bonds. The summed E-state index contributed by atoms with van der Waals surface area (Å²) >= 11 is 6.10. The van der Waals surface area contributed by atoms with Crippen molar-refractivity contribution in [2.45, 2.75) is 13.3 Å². The third-order valence-electron chi connectivity index (χ3n) is 4.92. The molecule has 28 heavy (non-hydrogen) atoms. The van der Waals surface area contributed by atoms with E-state index in [-0.39, 0.29) is 5.91 Å². The van der Waals surface area contributed by atoms with Crippen molar-refractivity contribution in [2.24, 2.45) is 0 Å². The molecule has 140 valence electrons. The van der Waals surface area contributed by atoms with Crippen molar-refractivity contribution in [3.8, 4) is 11.1 Å². The van der Waals surface area contributed by atoms with E-state index >= 15 is 0 Å². The Hall–Kier alpha value is -3.04. The summed E-state index contributed by atoms with van der Waals surface area (Å²) in [7, 11) is 0. The predicted molar refractivity (Wildman–Crippen MR) is 116 cm³/mol. The summed E-state index contributed by atoms with van der Waals surface area (Å²) in [5, 5.41) is 4.83. The first-order chi connectivity index (χ1) is 13.6. The molecule has 0 aliphatic heterocycles. The van der Waals surface area contributed by atoms with E-state index in [9.17, 15) is 4.79 Å². The van der Waals surface area contributed by atoms with Gasteiger partial charge in [0.05, 0.1) is 0 Å². The first-order valence-corrected chi connectivity index (χ1v) is 9.69. The van der Waals surface area contributed by atoms with Crippen LogP contribution in [0.4, 0.5) is 0 Å². The van der Waals surface area contributed by atoms with Crippen LogP contribution in [0.1, 0.15) is 21.5 Å². The number of amides is 1. The Morgan fingerprint density at radius 3 is 2.64 bits per heavy atom. The number of aromatic nitrogens is 1. The molecule has 2 N–H and O–H groups in total. The van der Waals surface area contributed by atoms with Crippen LogP contribution in [-0.2, 0) is 6.42 Å². The second-order valence-corrected chi connectivity index (χ2v) is 7.39. The van der Waals surface area contributed by atoms with Crippen molar-refractivity contribution in [2.75, 3.05) is 6.54 Å². The minimum Gasteiger partial charge on any atom is -0.361 e. The molecule has 3 nitrogen and oxygen atoms in total. The highest BCUT2D eigenvalue weighted by atomic mass is 35.5. The molecule has 0 aliphatic carbocycles. The van der Waals surface area contributed by atoms with Crippen LogP contribution < -0.4 is 5.32 Å². The molecule has 0 fully saturated rings. The molecule has 4 aromatic rings. The summed E-state index contributed by atoms with van der Waals surface area (Å²) in [6.45, 7) is 2.63. The van der Waals surface area contributed by atoms with Crippen molar-refractivity contribution in [3.63, 3.8) is 0 Å². The third kappa shape index (κ3) is 3.95. The van der Waals surface area contributed by atoms with Crippen molar-refractivity contribution in [1.82, 2.24) is 10.3 Å². The second kappa shape index (κ2) is 7.91. The molecule has 4 heteroatoms. The lowest BCUT2D eigenvalue weighted by Crippen LogP contribution is -2.25. The number of H-pyrrole nitrogens is 1. The molecule has 0 radical (unpaired) electrons. The number of benzene rings is 3. The van der Waals surface area contributed by atoms with E-state index in [1.807, 2.05) is 48.7 Å². The number of fused-ring (bicyclic) bond motifs is 1. The Labute approximate surface area is 169 Å². The molecule has 0 saturated heterocycles. The highest BCUT2D eigenvalue weighted by molar-refractivity contribution is 6.31. The third-order valence-corrected chi connectivity index (χ3v) is 5.15. The molecule has 0 aliphatic rings. The molecule has 0 atom stereocenters. The lowest BCUT2D eigenvalue weighted by atomic mass is 10.0. The molecule has 0 unspecified atom stereocenters.